The summed E-state index contributed by atoms with van der Waals surface area (Å²) in [5, 5.41) is 0. The van der Waals surface area contributed by atoms with Gasteiger partial charge in [0.2, 0.25) is 0 Å². The Morgan fingerprint density at radius 3 is 1.79 bits per heavy atom. The van der Waals surface area contributed by atoms with Gasteiger partial charge in [-0.3, -0.25) is 0 Å². The van der Waals surface area contributed by atoms with Crippen LogP contribution < -0.4 is 4.74 Å². The molecule has 2 fully saturated rings. The van der Waals surface area contributed by atoms with Gasteiger partial charge in [0.25, 0.3) is 0 Å². The summed E-state index contributed by atoms with van der Waals surface area (Å²) in [6.45, 7) is 16.0. The van der Waals surface area contributed by atoms with Gasteiger partial charge < -0.3 is 4.74 Å². The molecule has 1 heteroatoms. The van der Waals surface area contributed by atoms with Gasteiger partial charge in [0, 0.05) is 16.9 Å². The largest absolute Gasteiger partial charge is 0.482 e. The lowest BCUT2D eigenvalue weighted by Crippen LogP contribution is -2.57. The van der Waals surface area contributed by atoms with Crippen molar-refractivity contribution in [1.29, 1.82) is 0 Å². The number of hydrogen-bond donors (Lipinski definition) is 0. The zero-order valence-electron chi connectivity index (χ0n) is 23.0. The first-order chi connectivity index (χ1) is 16.4. The molecule has 2 saturated carbocycles. The van der Waals surface area contributed by atoms with Gasteiger partial charge in [-0.2, -0.15) is 0 Å². The second-order valence-corrected chi connectivity index (χ2v) is 8.37. The highest BCUT2D eigenvalue weighted by Crippen LogP contribution is 2.62. The van der Waals surface area contributed by atoms with Gasteiger partial charge in [-0.1, -0.05) is 130 Å². The Bertz CT molecular complexity index is 744. The molecule has 0 bridgehead atoms. The molecule has 1 aliphatic heterocycles. The molecule has 0 N–H and O–H groups in total. The Morgan fingerprint density at radius 2 is 1.15 bits per heavy atom. The van der Waals surface area contributed by atoms with Gasteiger partial charge in [0.1, 0.15) is 11.4 Å². The maximum atomic E-state index is 6.94. The van der Waals surface area contributed by atoms with Crippen molar-refractivity contribution in [2.75, 3.05) is 0 Å². The van der Waals surface area contributed by atoms with Crippen LogP contribution in [-0.4, -0.2) is 0 Å². The van der Waals surface area contributed by atoms with Crippen LogP contribution in [0.5, 0.6) is 5.75 Å². The van der Waals surface area contributed by atoms with E-state index in [1.165, 1.54) is 62.5 Å². The third-order valence-corrected chi connectivity index (χ3v) is 7.24. The highest BCUT2D eigenvalue weighted by molar-refractivity contribution is 5.46. The van der Waals surface area contributed by atoms with Crippen molar-refractivity contribution >= 4 is 0 Å². The molecular weight excluding hydrogens is 400 g/mol. The summed E-state index contributed by atoms with van der Waals surface area (Å²) in [5.41, 5.74) is 3.11. The molecule has 3 aliphatic rings. The summed E-state index contributed by atoms with van der Waals surface area (Å²) in [5.74, 6) is 1.78. The summed E-state index contributed by atoms with van der Waals surface area (Å²) in [4.78, 5) is 0. The highest BCUT2D eigenvalue weighted by atomic mass is 16.5. The number of hydrogen-bond acceptors (Lipinski definition) is 1. The molecule has 1 nitrogen and oxygen atoms in total. The molecule has 1 spiro atoms. The monoisotopic (exact) mass is 452 g/mol. The topological polar surface area (TPSA) is 9.23 Å². The van der Waals surface area contributed by atoms with Crippen LogP contribution in [0.3, 0.4) is 0 Å². The van der Waals surface area contributed by atoms with E-state index in [2.05, 4.69) is 54.6 Å². The molecule has 186 valence electrons. The van der Waals surface area contributed by atoms with Crippen molar-refractivity contribution in [3.05, 3.63) is 65.7 Å². The lowest BCUT2D eigenvalue weighted by molar-refractivity contribution is -0.0949. The van der Waals surface area contributed by atoms with E-state index in [0.717, 1.165) is 12.2 Å². The van der Waals surface area contributed by atoms with Crippen molar-refractivity contribution < 1.29 is 4.74 Å². The fraction of sp³-hybridized carbons (Fsp3) is 0.625. The minimum atomic E-state index is -0.120. The average molecular weight is 453 g/mol. The maximum absolute atomic E-state index is 6.94. The maximum Gasteiger partial charge on any atom is 0.138 e. The fourth-order valence-electron chi connectivity index (χ4n) is 6.26. The minimum absolute atomic E-state index is 0.120. The average Bonchev–Trinajstić information content (AvgIpc) is 2.94. The Hall–Kier alpha value is -1.76. The van der Waals surface area contributed by atoms with Crippen molar-refractivity contribution in [2.45, 2.75) is 124 Å². The van der Waals surface area contributed by atoms with Crippen LogP contribution in [0, 0.1) is 5.92 Å². The predicted molar refractivity (Wildman–Crippen MR) is 147 cm³/mol. The SMILES string of the molecule is CC.CC.CC.CC.c1ccc(C23CCCCC2C2(CCCCC2)c2ccccc2O3)cc1. The van der Waals surface area contributed by atoms with Crippen molar-refractivity contribution in [2.24, 2.45) is 5.92 Å². The molecule has 2 aliphatic carbocycles. The van der Waals surface area contributed by atoms with Crippen LogP contribution in [0.2, 0.25) is 0 Å². The first kappa shape index (κ1) is 29.3. The fourth-order valence-corrected chi connectivity index (χ4v) is 6.26. The van der Waals surface area contributed by atoms with Crippen molar-refractivity contribution in [1.82, 2.24) is 0 Å². The van der Waals surface area contributed by atoms with E-state index in [4.69, 9.17) is 4.74 Å². The molecule has 2 unspecified atom stereocenters. The van der Waals surface area contributed by atoms with Crippen LogP contribution in [0.15, 0.2) is 54.6 Å². The Labute approximate surface area is 206 Å². The number of benzene rings is 2. The van der Waals surface area contributed by atoms with Crippen LogP contribution in [0.1, 0.15) is 124 Å². The van der Waals surface area contributed by atoms with Gasteiger partial charge >= 0.3 is 0 Å². The smallest absolute Gasteiger partial charge is 0.138 e. The Kier molecular flexibility index (Phi) is 13.5. The number of para-hydroxylation sites is 1. The van der Waals surface area contributed by atoms with Crippen LogP contribution in [0.4, 0.5) is 0 Å². The van der Waals surface area contributed by atoms with E-state index in [1.54, 1.807) is 0 Å². The normalized spacial score (nSPS) is 23.6. The second kappa shape index (κ2) is 15.2. The summed E-state index contributed by atoms with van der Waals surface area (Å²) in [6.07, 6.45) is 11.9. The van der Waals surface area contributed by atoms with E-state index in [-0.39, 0.29) is 5.60 Å². The van der Waals surface area contributed by atoms with Crippen LogP contribution in [0.25, 0.3) is 0 Å². The first-order valence-electron chi connectivity index (χ1n) is 14.2. The Balaban J connectivity index is 0.000000619. The van der Waals surface area contributed by atoms with Gasteiger partial charge in [0.05, 0.1) is 0 Å². The minimum Gasteiger partial charge on any atom is -0.482 e. The number of ether oxygens (including phenoxy) is 1. The summed E-state index contributed by atoms with van der Waals surface area (Å²) >= 11 is 0. The van der Waals surface area contributed by atoms with E-state index in [0.29, 0.717) is 11.3 Å². The quantitative estimate of drug-likeness (QED) is 0.418. The third-order valence-electron chi connectivity index (χ3n) is 7.24. The van der Waals surface area contributed by atoms with E-state index < -0.39 is 0 Å². The molecule has 2 aromatic rings. The van der Waals surface area contributed by atoms with Gasteiger partial charge in [-0.05, 0) is 43.7 Å². The van der Waals surface area contributed by atoms with Crippen LogP contribution >= 0.6 is 0 Å². The van der Waals surface area contributed by atoms with Crippen molar-refractivity contribution in [3.8, 4) is 5.75 Å². The summed E-state index contributed by atoms with van der Waals surface area (Å²) < 4.78 is 6.94. The lowest BCUT2D eigenvalue weighted by atomic mass is 9.51. The van der Waals surface area contributed by atoms with E-state index >= 15 is 0 Å². The molecule has 2 aromatic carbocycles. The first-order valence-corrected chi connectivity index (χ1v) is 14.2. The van der Waals surface area contributed by atoms with Gasteiger partial charge in [-0.25, -0.2) is 0 Å². The third kappa shape index (κ3) is 5.84. The molecule has 5 rings (SSSR count). The molecular formula is C32H52O. The van der Waals surface area contributed by atoms with Gasteiger partial charge in [-0.15, -0.1) is 0 Å². The zero-order chi connectivity index (χ0) is 24.7. The van der Waals surface area contributed by atoms with E-state index in [9.17, 15) is 0 Å². The standard InChI is InChI=1S/C24H28O.4C2H6/c1-3-11-19(12-4-1)24-18-10-7-15-22(24)23(16-8-2-9-17-23)20-13-5-6-14-21(20)25-24;4*1-2/h1,3-6,11-14,22H,2,7-10,15-18H2;4*1-2H3. The summed E-state index contributed by atoms with van der Waals surface area (Å²) in [7, 11) is 0. The van der Waals surface area contributed by atoms with Crippen molar-refractivity contribution in [3.63, 3.8) is 0 Å². The van der Waals surface area contributed by atoms with Gasteiger partial charge in [0.15, 0.2) is 0 Å². The molecule has 33 heavy (non-hydrogen) atoms. The zero-order valence-corrected chi connectivity index (χ0v) is 23.0. The van der Waals surface area contributed by atoms with Crippen LogP contribution in [-0.2, 0) is 11.0 Å². The number of rotatable bonds is 1. The van der Waals surface area contributed by atoms with E-state index in [1.807, 2.05) is 55.4 Å². The molecule has 1 heterocycles. The number of fused-ring (bicyclic) bond motifs is 4. The molecule has 0 aromatic heterocycles. The second-order valence-electron chi connectivity index (χ2n) is 8.37. The lowest BCUT2D eigenvalue weighted by Gasteiger charge is -2.58. The predicted octanol–water partition coefficient (Wildman–Crippen LogP) is 10.5. The highest BCUT2D eigenvalue weighted by Gasteiger charge is 2.58. The molecule has 0 saturated heterocycles. The molecule has 2 atom stereocenters. The molecule has 0 amide bonds. The summed E-state index contributed by atoms with van der Waals surface area (Å²) in [6, 6.07) is 20.1. The Morgan fingerprint density at radius 1 is 0.606 bits per heavy atom. The molecule has 0 radical (unpaired) electrons.